The first kappa shape index (κ1) is 18.1. The molecule has 1 aromatic carbocycles. The fourth-order valence-corrected chi connectivity index (χ4v) is 4.35. The molecule has 1 saturated heterocycles. The summed E-state index contributed by atoms with van der Waals surface area (Å²) in [7, 11) is -3.71. The fraction of sp³-hybridized carbons (Fsp3) is 0.353. The van der Waals surface area contributed by atoms with E-state index in [0.29, 0.717) is 25.3 Å². The van der Waals surface area contributed by atoms with Crippen LogP contribution in [0, 0.1) is 11.3 Å². The van der Waals surface area contributed by atoms with Crippen LogP contribution in [0.25, 0.3) is 0 Å². The minimum Gasteiger partial charge on any atom is -0.492 e. The Hall–Kier alpha value is -2.70. The van der Waals surface area contributed by atoms with Crippen molar-refractivity contribution in [1.29, 1.82) is 5.26 Å². The van der Waals surface area contributed by atoms with E-state index < -0.39 is 16.1 Å². The summed E-state index contributed by atoms with van der Waals surface area (Å²) in [6.07, 6.45) is 2.93. The molecule has 1 aliphatic heterocycles. The summed E-state index contributed by atoms with van der Waals surface area (Å²) in [6.45, 7) is 2.67. The molecule has 9 heteroatoms. The Balaban J connectivity index is 1.77. The lowest BCUT2D eigenvalue weighted by molar-refractivity contribution is 0.205. The predicted octanol–water partition coefficient (Wildman–Crippen LogP) is 1.59. The second-order valence-electron chi connectivity index (χ2n) is 5.59. The van der Waals surface area contributed by atoms with Gasteiger partial charge in [-0.05, 0) is 25.5 Å². The van der Waals surface area contributed by atoms with Crippen LogP contribution in [0.2, 0.25) is 0 Å². The molecule has 1 atom stereocenters. The number of rotatable bonds is 6. The highest BCUT2D eigenvalue weighted by Gasteiger charge is 2.35. The molecule has 0 radical (unpaired) electrons. The van der Waals surface area contributed by atoms with Gasteiger partial charge in [0, 0.05) is 18.9 Å². The van der Waals surface area contributed by atoms with Gasteiger partial charge in [-0.2, -0.15) is 9.57 Å². The Bertz CT molecular complexity index is 926. The van der Waals surface area contributed by atoms with Gasteiger partial charge in [-0.15, -0.1) is 0 Å². The summed E-state index contributed by atoms with van der Waals surface area (Å²) in [6, 6.07) is 8.48. The van der Waals surface area contributed by atoms with Gasteiger partial charge in [0.05, 0.1) is 13.2 Å². The molecule has 0 bridgehead atoms. The van der Waals surface area contributed by atoms with E-state index in [9.17, 15) is 8.42 Å². The number of aromatic nitrogens is 2. The Morgan fingerprint density at radius 2 is 2.08 bits per heavy atom. The molecule has 8 nitrogen and oxygen atoms in total. The number of para-hydroxylation sites is 1. The van der Waals surface area contributed by atoms with Gasteiger partial charge in [-0.25, -0.2) is 18.4 Å². The quantitative estimate of drug-likeness (QED) is 0.756. The first-order valence-electron chi connectivity index (χ1n) is 8.16. The van der Waals surface area contributed by atoms with Crippen molar-refractivity contribution >= 4 is 10.0 Å². The van der Waals surface area contributed by atoms with E-state index in [2.05, 4.69) is 9.97 Å². The number of hydrogen-bond donors (Lipinski definition) is 0. The Morgan fingerprint density at radius 1 is 1.31 bits per heavy atom. The first-order chi connectivity index (χ1) is 12.6. The highest BCUT2D eigenvalue weighted by atomic mass is 32.2. The third kappa shape index (κ3) is 3.61. The number of nitrogens with zero attached hydrogens (tertiary/aromatic N) is 4. The molecule has 1 fully saturated rings. The molecule has 0 spiro atoms. The lowest BCUT2D eigenvalue weighted by Gasteiger charge is -2.19. The molecule has 0 saturated carbocycles. The van der Waals surface area contributed by atoms with Crippen LogP contribution in [0.1, 0.15) is 19.0 Å². The van der Waals surface area contributed by atoms with Crippen molar-refractivity contribution in [2.24, 2.45) is 0 Å². The van der Waals surface area contributed by atoms with E-state index in [0.717, 1.165) is 0 Å². The van der Waals surface area contributed by atoms with Gasteiger partial charge in [0.2, 0.25) is 15.7 Å². The molecule has 2 aromatic rings. The average molecular weight is 374 g/mol. The van der Waals surface area contributed by atoms with E-state index in [4.69, 9.17) is 14.7 Å². The van der Waals surface area contributed by atoms with Crippen molar-refractivity contribution in [1.82, 2.24) is 14.3 Å². The number of nitriles is 1. The van der Waals surface area contributed by atoms with Crippen molar-refractivity contribution in [3.05, 3.63) is 42.4 Å². The van der Waals surface area contributed by atoms with Crippen LogP contribution in [0.5, 0.6) is 11.6 Å². The summed E-state index contributed by atoms with van der Waals surface area (Å²) < 4.78 is 38.4. The fourth-order valence-electron chi connectivity index (χ4n) is 2.74. The standard InChI is InChI=1S/C17H18N4O4S/c1-2-24-15-5-3-4-6-16(15)26(22,23)21-10-7-13(12-21)25-17-14(11-18)19-8-9-20-17/h3-6,8-9,13H,2,7,10,12H2,1H3. The molecule has 1 unspecified atom stereocenters. The van der Waals surface area contributed by atoms with Crippen LogP contribution in [0.3, 0.4) is 0 Å². The van der Waals surface area contributed by atoms with Crippen molar-refractivity contribution in [3.8, 4) is 17.7 Å². The number of ether oxygens (including phenoxy) is 2. The van der Waals surface area contributed by atoms with E-state index in [-0.39, 0.29) is 23.0 Å². The van der Waals surface area contributed by atoms with Crippen LogP contribution in [-0.4, -0.2) is 48.5 Å². The normalized spacial score (nSPS) is 17.6. The Kier molecular flexibility index (Phi) is 5.35. The monoisotopic (exact) mass is 374 g/mol. The molecule has 0 N–H and O–H groups in total. The van der Waals surface area contributed by atoms with Crippen LogP contribution < -0.4 is 9.47 Å². The summed E-state index contributed by atoms with van der Waals surface area (Å²) >= 11 is 0. The predicted molar refractivity (Wildman–Crippen MR) is 92.1 cm³/mol. The second kappa shape index (κ2) is 7.68. The maximum atomic E-state index is 13.0. The molecule has 26 heavy (non-hydrogen) atoms. The summed E-state index contributed by atoms with van der Waals surface area (Å²) in [5.41, 5.74) is 0.0792. The van der Waals surface area contributed by atoms with Gasteiger partial charge in [0.25, 0.3) is 5.88 Å². The molecule has 136 valence electrons. The lowest BCUT2D eigenvalue weighted by Crippen LogP contribution is -2.31. The highest BCUT2D eigenvalue weighted by Crippen LogP contribution is 2.29. The van der Waals surface area contributed by atoms with Gasteiger partial charge in [0.1, 0.15) is 22.8 Å². The molecular formula is C17H18N4O4S. The van der Waals surface area contributed by atoms with Crippen molar-refractivity contribution in [2.45, 2.75) is 24.3 Å². The van der Waals surface area contributed by atoms with Crippen molar-refractivity contribution < 1.29 is 17.9 Å². The first-order valence-corrected chi connectivity index (χ1v) is 9.60. The molecule has 3 rings (SSSR count). The third-order valence-corrected chi connectivity index (χ3v) is 5.83. The summed E-state index contributed by atoms with van der Waals surface area (Å²) in [5.74, 6) is 0.453. The molecular weight excluding hydrogens is 356 g/mol. The lowest BCUT2D eigenvalue weighted by atomic mass is 10.3. The zero-order chi connectivity index (χ0) is 18.6. The van der Waals surface area contributed by atoms with E-state index in [1.807, 2.05) is 6.07 Å². The average Bonchev–Trinajstić information content (AvgIpc) is 3.12. The topological polar surface area (TPSA) is 105 Å². The van der Waals surface area contributed by atoms with E-state index >= 15 is 0 Å². The van der Waals surface area contributed by atoms with Crippen LogP contribution >= 0.6 is 0 Å². The maximum absolute atomic E-state index is 13.0. The molecule has 0 amide bonds. The maximum Gasteiger partial charge on any atom is 0.251 e. The minimum atomic E-state index is -3.71. The van der Waals surface area contributed by atoms with Crippen LogP contribution in [0.15, 0.2) is 41.6 Å². The molecule has 2 heterocycles. The largest absolute Gasteiger partial charge is 0.492 e. The molecule has 1 aliphatic rings. The van der Waals surface area contributed by atoms with E-state index in [1.54, 1.807) is 25.1 Å². The summed E-state index contributed by atoms with van der Waals surface area (Å²) in [5, 5.41) is 9.05. The second-order valence-corrected chi connectivity index (χ2v) is 7.50. The van der Waals surface area contributed by atoms with Crippen molar-refractivity contribution in [3.63, 3.8) is 0 Å². The SMILES string of the molecule is CCOc1ccccc1S(=O)(=O)N1CCC(Oc2nccnc2C#N)C1. The van der Waals surface area contributed by atoms with Crippen LogP contribution in [0.4, 0.5) is 0 Å². The summed E-state index contributed by atoms with van der Waals surface area (Å²) in [4.78, 5) is 8.03. The van der Waals surface area contributed by atoms with Gasteiger partial charge < -0.3 is 9.47 Å². The van der Waals surface area contributed by atoms with Gasteiger partial charge in [-0.3, -0.25) is 0 Å². The van der Waals surface area contributed by atoms with Gasteiger partial charge in [0.15, 0.2) is 0 Å². The minimum absolute atomic E-state index is 0.0792. The molecule has 0 aliphatic carbocycles. The van der Waals surface area contributed by atoms with E-state index in [1.165, 1.54) is 22.8 Å². The molecule has 1 aromatic heterocycles. The third-order valence-electron chi connectivity index (χ3n) is 3.92. The smallest absolute Gasteiger partial charge is 0.251 e. The number of sulfonamides is 1. The van der Waals surface area contributed by atoms with Crippen molar-refractivity contribution in [2.75, 3.05) is 19.7 Å². The Morgan fingerprint density at radius 3 is 2.85 bits per heavy atom. The highest BCUT2D eigenvalue weighted by molar-refractivity contribution is 7.89. The van der Waals surface area contributed by atoms with Gasteiger partial charge in [-0.1, -0.05) is 12.1 Å². The zero-order valence-electron chi connectivity index (χ0n) is 14.2. The van der Waals surface area contributed by atoms with Gasteiger partial charge >= 0.3 is 0 Å². The number of hydrogen-bond acceptors (Lipinski definition) is 7. The Labute approximate surface area is 152 Å². The zero-order valence-corrected chi connectivity index (χ0v) is 15.0. The van der Waals surface area contributed by atoms with Crippen LogP contribution in [-0.2, 0) is 10.0 Å². The number of benzene rings is 1.